The van der Waals surface area contributed by atoms with Gasteiger partial charge < -0.3 is 19.6 Å². The molecule has 87 heavy (non-hydrogen) atoms. The molecule has 2 unspecified atom stereocenters. The second kappa shape index (κ2) is 22.8. The zero-order chi connectivity index (χ0) is 60.3. The molecule has 10 aromatic rings. The molecule has 0 bridgehead atoms. The first-order valence-electron chi connectivity index (χ1n) is 30.7. The molecule has 4 nitrogen and oxygen atoms in total. The lowest BCUT2D eigenvalue weighted by Gasteiger charge is -2.37. The Bertz CT molecular complexity index is 4310. The summed E-state index contributed by atoms with van der Waals surface area (Å²) in [6, 6.07) is 81.1. The molecule has 3 aliphatic carbocycles. The number of allylic oxidation sites excluding steroid dienone is 7. The van der Waals surface area contributed by atoms with Crippen molar-refractivity contribution in [2.45, 2.75) is 87.1 Å². The molecule has 1 spiro atoms. The summed E-state index contributed by atoms with van der Waals surface area (Å²) >= 11 is 0. The predicted octanol–water partition coefficient (Wildman–Crippen LogP) is 22.7. The van der Waals surface area contributed by atoms with E-state index in [0.29, 0.717) is 0 Å². The minimum Gasteiger partial charge on any atom is -0.338 e. The van der Waals surface area contributed by atoms with Crippen LogP contribution in [0.3, 0.4) is 0 Å². The smallest absolute Gasteiger partial charge is 0.0728 e. The predicted molar refractivity (Wildman–Crippen MR) is 371 cm³/mol. The third kappa shape index (κ3) is 10.2. The van der Waals surface area contributed by atoms with E-state index in [-0.39, 0.29) is 6.04 Å². The van der Waals surface area contributed by atoms with E-state index in [0.717, 1.165) is 68.9 Å². The second-order valence-corrected chi connectivity index (χ2v) is 24.6. The fourth-order valence-corrected chi connectivity index (χ4v) is 14.1. The molecule has 0 saturated heterocycles. The van der Waals surface area contributed by atoms with Crippen LogP contribution >= 0.6 is 0 Å². The van der Waals surface area contributed by atoms with Crippen molar-refractivity contribution in [1.82, 2.24) is 0 Å². The van der Waals surface area contributed by atoms with E-state index in [2.05, 4.69) is 338 Å². The number of benzene rings is 10. The van der Waals surface area contributed by atoms with E-state index in [9.17, 15) is 0 Å². The van der Waals surface area contributed by atoms with Gasteiger partial charge in [-0.05, 0) is 292 Å². The van der Waals surface area contributed by atoms with E-state index in [1.165, 1.54) is 94.7 Å². The third-order valence-electron chi connectivity index (χ3n) is 18.1. The molecule has 0 aromatic heterocycles. The van der Waals surface area contributed by atoms with Gasteiger partial charge in [-0.2, -0.15) is 0 Å². The Morgan fingerprint density at radius 2 is 0.747 bits per heavy atom. The second-order valence-electron chi connectivity index (χ2n) is 24.6. The lowest BCUT2D eigenvalue weighted by atomic mass is 9.70. The molecule has 0 saturated carbocycles. The molecule has 4 heteroatoms. The topological polar surface area (TPSA) is 13.0 Å². The van der Waals surface area contributed by atoms with E-state index in [1.54, 1.807) is 0 Å². The van der Waals surface area contributed by atoms with Crippen molar-refractivity contribution in [3.63, 3.8) is 0 Å². The Balaban J connectivity index is 1.16. The number of hydrogen-bond donors (Lipinski definition) is 0. The van der Waals surface area contributed by atoms with Crippen LogP contribution in [0.25, 0.3) is 22.3 Å². The van der Waals surface area contributed by atoms with Gasteiger partial charge in [0.25, 0.3) is 0 Å². The normalized spacial score (nSPS) is 15.6. The first-order chi connectivity index (χ1) is 42.2. The van der Waals surface area contributed by atoms with Crippen LogP contribution in [-0.2, 0) is 5.41 Å². The fraction of sp³-hybridized carbons (Fsp3) is 0.157. The molecular weight excluding hydrogens is 1050 g/mol. The van der Waals surface area contributed by atoms with Gasteiger partial charge in [-0.3, -0.25) is 0 Å². The molecule has 0 heterocycles. The zero-order valence-electron chi connectivity index (χ0n) is 52.0. The maximum Gasteiger partial charge on any atom is 0.0728 e. The van der Waals surface area contributed by atoms with E-state index in [1.807, 2.05) is 6.08 Å². The van der Waals surface area contributed by atoms with Gasteiger partial charge >= 0.3 is 0 Å². The summed E-state index contributed by atoms with van der Waals surface area (Å²) < 4.78 is 0. The highest BCUT2D eigenvalue weighted by Gasteiger charge is 2.53. The first kappa shape index (κ1) is 56.2. The third-order valence-corrected chi connectivity index (χ3v) is 18.1. The Hall–Kier alpha value is -9.90. The maximum absolute atomic E-state index is 4.08. The van der Waals surface area contributed by atoms with Gasteiger partial charge in [0.15, 0.2) is 0 Å². The first-order valence-corrected chi connectivity index (χ1v) is 30.7. The van der Waals surface area contributed by atoms with Crippen molar-refractivity contribution in [3.8, 4) is 22.3 Å². The standard InChI is InChI=1S/C83H76N4/c1-12-19-54(2)42-63(11)84(64-26-13-20-55(3)43-64)71-34-38-75-76-39-35-72(85(65-27-14-21-56(4)44-65)66-28-15-22-57(5)45-66)51-80(76)83(79(75)50-71)81-52-73(86(67-29-16-23-58(6)46-67)68-30-17-24-59(7)47-68)36-40-77(81)78-41-37-74(53-82(78)83)87(69-31-18-25-60(8)48-69)70-33-32-61(9)62(10)49-70/h12-42,44-53,64H,1,43H2,2-11H3/b54-19-,63-42+. The average molecular weight is 1130 g/mol. The van der Waals surface area contributed by atoms with Gasteiger partial charge in [-0.15, -0.1) is 0 Å². The van der Waals surface area contributed by atoms with Crippen LogP contribution in [-0.4, -0.2) is 6.04 Å². The van der Waals surface area contributed by atoms with Gasteiger partial charge in [0, 0.05) is 62.6 Å². The van der Waals surface area contributed by atoms with Gasteiger partial charge in [-0.1, -0.05) is 134 Å². The van der Waals surface area contributed by atoms with Gasteiger partial charge in [0.2, 0.25) is 0 Å². The van der Waals surface area contributed by atoms with Crippen LogP contribution in [0.2, 0.25) is 0 Å². The largest absolute Gasteiger partial charge is 0.338 e. The van der Waals surface area contributed by atoms with Crippen LogP contribution in [0.1, 0.15) is 88.4 Å². The minimum atomic E-state index is -0.842. The highest BCUT2D eigenvalue weighted by Crippen LogP contribution is 2.65. The fourth-order valence-electron chi connectivity index (χ4n) is 14.1. The molecule has 3 aliphatic rings. The van der Waals surface area contributed by atoms with Crippen LogP contribution in [0.15, 0.2) is 272 Å². The summed E-state index contributed by atoms with van der Waals surface area (Å²) in [6.07, 6.45) is 14.1. The number of hydrogen-bond acceptors (Lipinski definition) is 4. The summed E-state index contributed by atoms with van der Waals surface area (Å²) in [4.78, 5) is 9.97. The monoisotopic (exact) mass is 1130 g/mol. The number of fused-ring (bicyclic) bond motifs is 10. The Kier molecular flexibility index (Phi) is 14.8. The number of rotatable bonds is 14. The molecule has 0 radical (unpaired) electrons. The zero-order valence-corrected chi connectivity index (χ0v) is 52.0. The molecule has 0 fully saturated rings. The SMILES string of the molecule is C=C/C=C(C)\C=C(/C)N(c1ccc2c(c1)C1(c3cc(N(c4cccc(C)c4)c4cccc(C)c4)ccc3-c3ccc(N(c4cccc(C)c4)c4ccc(C)c(C)c4)cc31)c1cc(N(c3cccc(C)c3)c3cccc(C)c3)ccc1-2)C1C=CC=C(C)C1. The highest BCUT2D eigenvalue weighted by atomic mass is 15.2. The van der Waals surface area contributed by atoms with Gasteiger partial charge in [-0.25, -0.2) is 0 Å². The summed E-state index contributed by atoms with van der Waals surface area (Å²) in [5, 5.41) is 0. The van der Waals surface area contributed by atoms with Crippen molar-refractivity contribution >= 4 is 56.9 Å². The van der Waals surface area contributed by atoms with Gasteiger partial charge in [0.1, 0.15) is 0 Å². The van der Waals surface area contributed by atoms with E-state index < -0.39 is 5.41 Å². The Labute approximate surface area is 516 Å². The maximum atomic E-state index is 4.08. The van der Waals surface area contributed by atoms with Crippen LogP contribution in [0.5, 0.6) is 0 Å². The van der Waals surface area contributed by atoms with E-state index >= 15 is 0 Å². The molecule has 2 atom stereocenters. The lowest BCUT2D eigenvalue weighted by molar-refractivity contribution is 0.726. The molecule has 0 aliphatic heterocycles. The summed E-state index contributed by atoms with van der Waals surface area (Å²) in [5.41, 5.74) is 32.4. The highest BCUT2D eigenvalue weighted by molar-refractivity contribution is 5.99. The number of anilines is 10. The van der Waals surface area contributed by atoms with Crippen molar-refractivity contribution in [2.75, 3.05) is 19.6 Å². The van der Waals surface area contributed by atoms with Crippen molar-refractivity contribution in [3.05, 3.63) is 333 Å². The van der Waals surface area contributed by atoms with Crippen LogP contribution in [0.4, 0.5) is 56.9 Å². The molecule has 0 N–H and O–H groups in total. The van der Waals surface area contributed by atoms with Gasteiger partial charge in [0.05, 0.1) is 11.5 Å². The average Bonchev–Trinajstić information content (AvgIpc) is 1.51. The lowest BCUT2D eigenvalue weighted by Crippen LogP contribution is -2.34. The minimum absolute atomic E-state index is 0.0869. The van der Waals surface area contributed by atoms with Crippen LogP contribution in [0, 0.1) is 48.5 Å². The van der Waals surface area contributed by atoms with Crippen LogP contribution < -0.4 is 19.6 Å². The summed E-state index contributed by atoms with van der Waals surface area (Å²) in [7, 11) is 0. The number of aryl methyl sites for hydroxylation is 7. The summed E-state index contributed by atoms with van der Waals surface area (Å²) in [6.45, 7) is 26.2. The van der Waals surface area contributed by atoms with Crippen molar-refractivity contribution in [1.29, 1.82) is 0 Å². The molecule has 428 valence electrons. The number of nitrogens with zero attached hydrogens (tertiary/aromatic N) is 4. The molecular formula is C83H76N4. The van der Waals surface area contributed by atoms with Crippen molar-refractivity contribution in [2.24, 2.45) is 0 Å². The van der Waals surface area contributed by atoms with Crippen molar-refractivity contribution < 1.29 is 0 Å². The molecule has 13 rings (SSSR count). The molecule has 10 aromatic carbocycles. The summed E-state index contributed by atoms with van der Waals surface area (Å²) in [5.74, 6) is 0. The quantitative estimate of drug-likeness (QED) is 0.101. The Morgan fingerprint density at radius 3 is 1.10 bits per heavy atom. The van der Waals surface area contributed by atoms with E-state index in [4.69, 9.17) is 0 Å². The Morgan fingerprint density at radius 1 is 0.402 bits per heavy atom. The molecule has 0 amide bonds.